The zero-order valence-electron chi connectivity index (χ0n) is 9.29. The molecule has 82 valence electrons. The molecule has 0 unspecified atom stereocenters. The monoisotopic (exact) mass is 206 g/mol. The van der Waals surface area contributed by atoms with Crippen LogP contribution in [0.2, 0.25) is 0 Å². The van der Waals surface area contributed by atoms with Gasteiger partial charge >= 0.3 is 0 Å². The largest absolute Gasteiger partial charge is 0.351 e. The summed E-state index contributed by atoms with van der Waals surface area (Å²) >= 11 is 0. The Morgan fingerprint density at radius 2 is 2.00 bits per heavy atom. The molecule has 3 heteroatoms. The summed E-state index contributed by atoms with van der Waals surface area (Å²) in [6.45, 7) is 2.58. The second-order valence-corrected chi connectivity index (χ2v) is 3.45. The van der Waals surface area contributed by atoms with Gasteiger partial charge in [-0.25, -0.2) is 0 Å². The highest BCUT2D eigenvalue weighted by atomic mass is 16.2. The van der Waals surface area contributed by atoms with Gasteiger partial charge in [-0.3, -0.25) is 4.79 Å². The van der Waals surface area contributed by atoms with E-state index in [0.717, 1.165) is 12.0 Å². The Labute approximate surface area is 90.9 Å². The van der Waals surface area contributed by atoms with Crippen LogP contribution in [0.4, 0.5) is 0 Å². The normalized spacial score (nSPS) is 12.1. The fourth-order valence-electron chi connectivity index (χ4n) is 1.43. The molecule has 0 saturated carbocycles. The summed E-state index contributed by atoms with van der Waals surface area (Å²) in [5.41, 5.74) is 1.12. The minimum atomic E-state index is -0.0892. The number of hydrogen-bond acceptors (Lipinski definition) is 2. The van der Waals surface area contributed by atoms with Gasteiger partial charge in [0.1, 0.15) is 0 Å². The van der Waals surface area contributed by atoms with Crippen LogP contribution in [-0.4, -0.2) is 19.0 Å². The van der Waals surface area contributed by atoms with E-state index in [1.54, 1.807) is 7.05 Å². The molecule has 0 aliphatic rings. The summed E-state index contributed by atoms with van der Waals surface area (Å²) in [4.78, 5) is 11.6. The third kappa shape index (κ3) is 3.72. The third-order valence-corrected chi connectivity index (χ3v) is 2.38. The molecule has 0 bridgehead atoms. The first-order valence-electron chi connectivity index (χ1n) is 5.26. The van der Waals surface area contributed by atoms with Crippen LogP contribution in [0.1, 0.15) is 18.9 Å². The molecule has 0 radical (unpaired) electrons. The van der Waals surface area contributed by atoms with E-state index in [2.05, 4.69) is 10.6 Å². The fourth-order valence-corrected chi connectivity index (χ4v) is 1.43. The Balaban J connectivity index is 2.40. The quantitative estimate of drug-likeness (QED) is 0.762. The lowest BCUT2D eigenvalue weighted by atomic mass is 10.2. The zero-order valence-corrected chi connectivity index (χ0v) is 9.29. The summed E-state index contributed by atoms with van der Waals surface area (Å²) < 4.78 is 0. The predicted octanol–water partition coefficient (Wildman–Crippen LogP) is 1.30. The highest BCUT2D eigenvalue weighted by molar-refractivity contribution is 5.81. The van der Waals surface area contributed by atoms with Crippen LogP contribution in [0.15, 0.2) is 30.3 Å². The summed E-state index contributed by atoms with van der Waals surface area (Å²) in [5.74, 6) is 0.0591. The van der Waals surface area contributed by atoms with E-state index < -0.39 is 0 Å². The van der Waals surface area contributed by atoms with E-state index >= 15 is 0 Å². The number of nitrogens with one attached hydrogen (secondary N) is 2. The van der Waals surface area contributed by atoms with Gasteiger partial charge < -0.3 is 10.6 Å². The van der Waals surface area contributed by atoms with E-state index in [4.69, 9.17) is 0 Å². The molecular weight excluding hydrogens is 188 g/mol. The number of rotatable bonds is 5. The highest BCUT2D eigenvalue weighted by Gasteiger charge is 2.12. The van der Waals surface area contributed by atoms with Crippen LogP contribution in [0, 0.1) is 0 Å². The minimum Gasteiger partial charge on any atom is -0.351 e. The molecule has 0 fully saturated rings. The molecule has 1 amide bonds. The molecule has 2 N–H and O–H groups in total. The molecule has 0 heterocycles. The summed E-state index contributed by atoms with van der Waals surface area (Å²) in [7, 11) is 1.80. The Morgan fingerprint density at radius 1 is 1.33 bits per heavy atom. The molecule has 0 aliphatic heterocycles. The van der Waals surface area contributed by atoms with Crippen molar-refractivity contribution in [2.24, 2.45) is 0 Å². The van der Waals surface area contributed by atoms with E-state index in [1.807, 2.05) is 37.3 Å². The maximum atomic E-state index is 11.6. The van der Waals surface area contributed by atoms with Gasteiger partial charge in [-0.05, 0) is 19.0 Å². The average molecular weight is 206 g/mol. The number of carbonyl (C=O) groups excluding carboxylic acids is 1. The van der Waals surface area contributed by atoms with Crippen molar-refractivity contribution in [2.75, 3.05) is 7.05 Å². The highest BCUT2D eigenvalue weighted by Crippen LogP contribution is 1.98. The maximum absolute atomic E-state index is 11.6. The molecule has 1 atom stereocenters. The van der Waals surface area contributed by atoms with Gasteiger partial charge in [-0.1, -0.05) is 37.3 Å². The van der Waals surface area contributed by atoms with E-state index in [1.165, 1.54) is 0 Å². The van der Waals surface area contributed by atoms with Crippen LogP contribution >= 0.6 is 0 Å². The lowest BCUT2D eigenvalue weighted by Crippen LogP contribution is -2.41. The van der Waals surface area contributed by atoms with E-state index in [9.17, 15) is 4.79 Å². The molecular formula is C12H18N2O. The molecule has 0 spiro atoms. The summed E-state index contributed by atoms with van der Waals surface area (Å²) in [5, 5.41) is 5.88. The van der Waals surface area contributed by atoms with Gasteiger partial charge in [0, 0.05) is 6.54 Å². The second kappa shape index (κ2) is 6.19. The van der Waals surface area contributed by atoms with Crippen molar-refractivity contribution in [3.05, 3.63) is 35.9 Å². The van der Waals surface area contributed by atoms with E-state index in [-0.39, 0.29) is 11.9 Å². The predicted molar refractivity (Wildman–Crippen MR) is 61.4 cm³/mol. The first-order valence-corrected chi connectivity index (χ1v) is 5.26. The number of hydrogen-bond donors (Lipinski definition) is 2. The fraction of sp³-hybridized carbons (Fsp3) is 0.417. The SMILES string of the molecule is CC[C@@H](NC)C(=O)NCc1ccccc1. The molecule has 3 nitrogen and oxygen atoms in total. The minimum absolute atomic E-state index is 0.0591. The number of likely N-dealkylation sites (N-methyl/N-ethyl adjacent to an activating group) is 1. The molecule has 0 saturated heterocycles. The van der Waals surface area contributed by atoms with Gasteiger partial charge in [0.25, 0.3) is 0 Å². The lowest BCUT2D eigenvalue weighted by Gasteiger charge is -2.13. The molecule has 1 aromatic carbocycles. The first kappa shape index (κ1) is 11.7. The standard InChI is InChI=1S/C12H18N2O/c1-3-11(13-2)12(15)14-9-10-7-5-4-6-8-10/h4-8,11,13H,3,9H2,1-2H3,(H,14,15)/t11-/m1/s1. The van der Waals surface area contributed by atoms with Gasteiger partial charge in [-0.2, -0.15) is 0 Å². The third-order valence-electron chi connectivity index (χ3n) is 2.38. The van der Waals surface area contributed by atoms with Gasteiger partial charge in [0.05, 0.1) is 6.04 Å². The maximum Gasteiger partial charge on any atom is 0.237 e. The molecule has 1 aromatic rings. The van der Waals surface area contributed by atoms with Gasteiger partial charge in [0.2, 0.25) is 5.91 Å². The van der Waals surface area contributed by atoms with Crippen LogP contribution in [0.3, 0.4) is 0 Å². The molecule has 15 heavy (non-hydrogen) atoms. The van der Waals surface area contributed by atoms with Crippen molar-refractivity contribution in [3.63, 3.8) is 0 Å². The van der Waals surface area contributed by atoms with Crippen LogP contribution < -0.4 is 10.6 Å². The smallest absolute Gasteiger partial charge is 0.237 e. The number of benzene rings is 1. The topological polar surface area (TPSA) is 41.1 Å². The Bertz CT molecular complexity index is 294. The first-order chi connectivity index (χ1) is 7.27. The second-order valence-electron chi connectivity index (χ2n) is 3.45. The van der Waals surface area contributed by atoms with Crippen molar-refractivity contribution in [1.29, 1.82) is 0 Å². The summed E-state index contributed by atoms with van der Waals surface area (Å²) in [6.07, 6.45) is 0.803. The number of amides is 1. The van der Waals surface area contributed by atoms with E-state index in [0.29, 0.717) is 6.54 Å². The van der Waals surface area contributed by atoms with Crippen LogP contribution in [-0.2, 0) is 11.3 Å². The molecule has 0 aromatic heterocycles. The lowest BCUT2D eigenvalue weighted by molar-refractivity contribution is -0.123. The molecule has 1 rings (SSSR count). The van der Waals surface area contributed by atoms with Gasteiger partial charge in [-0.15, -0.1) is 0 Å². The summed E-state index contributed by atoms with van der Waals surface area (Å²) in [6, 6.07) is 9.82. The van der Waals surface area contributed by atoms with Crippen molar-refractivity contribution in [1.82, 2.24) is 10.6 Å². The van der Waals surface area contributed by atoms with Crippen LogP contribution in [0.25, 0.3) is 0 Å². The Hall–Kier alpha value is -1.35. The van der Waals surface area contributed by atoms with Gasteiger partial charge in [0.15, 0.2) is 0 Å². The van der Waals surface area contributed by atoms with Crippen molar-refractivity contribution in [2.45, 2.75) is 25.9 Å². The Kier molecular flexibility index (Phi) is 4.84. The average Bonchev–Trinajstić information content (AvgIpc) is 2.29. The molecule has 0 aliphatic carbocycles. The Morgan fingerprint density at radius 3 is 2.53 bits per heavy atom. The van der Waals surface area contributed by atoms with Crippen molar-refractivity contribution >= 4 is 5.91 Å². The zero-order chi connectivity index (χ0) is 11.1. The van der Waals surface area contributed by atoms with Crippen molar-refractivity contribution < 1.29 is 4.79 Å². The van der Waals surface area contributed by atoms with Crippen molar-refractivity contribution in [3.8, 4) is 0 Å². The van der Waals surface area contributed by atoms with Crippen LogP contribution in [0.5, 0.6) is 0 Å². The number of carbonyl (C=O) groups is 1.